The topological polar surface area (TPSA) is 101 Å². The number of hydrogen-bond donors (Lipinski definition) is 2. The first kappa shape index (κ1) is 13.7. The van der Waals surface area contributed by atoms with Crippen LogP contribution in [0.1, 0.15) is 42.2 Å². The third-order valence-corrected chi connectivity index (χ3v) is 3.81. The molecule has 0 amide bonds. The lowest BCUT2D eigenvalue weighted by Gasteiger charge is -2.28. The van der Waals surface area contributed by atoms with E-state index in [-0.39, 0.29) is 11.7 Å². The molecule has 0 radical (unpaired) electrons. The summed E-state index contributed by atoms with van der Waals surface area (Å²) < 4.78 is 1.52. The van der Waals surface area contributed by atoms with Crippen molar-refractivity contribution in [3.8, 4) is 11.4 Å². The van der Waals surface area contributed by atoms with Crippen molar-refractivity contribution in [2.75, 3.05) is 0 Å². The van der Waals surface area contributed by atoms with Crippen molar-refractivity contribution in [2.45, 2.75) is 37.8 Å². The Morgan fingerprint density at radius 1 is 1.29 bits per heavy atom. The summed E-state index contributed by atoms with van der Waals surface area (Å²) in [5.74, 6) is -1.15. The Hall–Kier alpha value is -2.28. The molecule has 0 bridgehead atoms. The summed E-state index contributed by atoms with van der Waals surface area (Å²) in [6, 6.07) is 5.00. The lowest BCUT2D eigenvalue weighted by atomic mass is 9.92. The maximum absolute atomic E-state index is 11.4. The molecule has 0 saturated heterocycles. The van der Waals surface area contributed by atoms with Gasteiger partial charge in [-0.05, 0) is 25.0 Å². The predicted molar refractivity (Wildman–Crippen MR) is 73.7 cm³/mol. The molecule has 2 aromatic rings. The highest BCUT2D eigenvalue weighted by Crippen LogP contribution is 2.32. The maximum atomic E-state index is 11.4. The maximum Gasteiger partial charge on any atom is 0.358 e. The first-order valence-electron chi connectivity index (χ1n) is 6.96. The number of aliphatic hydroxyl groups is 1. The number of carbonyl (C=O) groups is 1. The number of aromatic nitrogens is 4. The first-order chi connectivity index (χ1) is 10.2. The second-order valence-electron chi connectivity index (χ2n) is 5.17. The predicted octanol–water partition coefficient (Wildman–Crippen LogP) is 1.51. The van der Waals surface area contributed by atoms with Crippen LogP contribution in [0.2, 0.25) is 0 Å². The zero-order valence-corrected chi connectivity index (χ0v) is 11.4. The fraction of sp³-hybridized carbons (Fsp3) is 0.429. The van der Waals surface area contributed by atoms with Crippen molar-refractivity contribution < 1.29 is 15.0 Å². The van der Waals surface area contributed by atoms with Crippen LogP contribution in [0.5, 0.6) is 0 Å². The Kier molecular flexibility index (Phi) is 3.66. The molecule has 2 N–H and O–H groups in total. The monoisotopic (exact) mass is 288 g/mol. The van der Waals surface area contributed by atoms with Crippen molar-refractivity contribution in [3.63, 3.8) is 0 Å². The average Bonchev–Trinajstić information content (AvgIpc) is 2.93. The van der Waals surface area contributed by atoms with Gasteiger partial charge in [-0.15, -0.1) is 5.10 Å². The van der Waals surface area contributed by atoms with E-state index in [4.69, 9.17) is 0 Å². The van der Waals surface area contributed by atoms with E-state index in [0.717, 1.165) is 19.3 Å². The van der Waals surface area contributed by atoms with E-state index in [9.17, 15) is 15.0 Å². The highest BCUT2D eigenvalue weighted by molar-refractivity contribution is 5.92. The number of aliphatic hydroxyl groups excluding tert-OH is 1. The molecule has 0 aromatic carbocycles. The molecule has 0 spiro atoms. The number of hydrogen-bond acceptors (Lipinski definition) is 5. The van der Waals surface area contributed by atoms with Crippen LogP contribution in [0.25, 0.3) is 11.4 Å². The minimum Gasteiger partial charge on any atom is -0.476 e. The normalized spacial score (nSPS) is 22.1. The zero-order valence-electron chi connectivity index (χ0n) is 11.4. The Bertz CT molecular complexity index is 641. The van der Waals surface area contributed by atoms with Gasteiger partial charge in [0.2, 0.25) is 0 Å². The van der Waals surface area contributed by atoms with Crippen molar-refractivity contribution in [1.29, 1.82) is 0 Å². The summed E-state index contributed by atoms with van der Waals surface area (Å²) >= 11 is 0. The van der Waals surface area contributed by atoms with E-state index in [1.165, 1.54) is 4.68 Å². The van der Waals surface area contributed by atoms with Crippen molar-refractivity contribution >= 4 is 5.97 Å². The van der Waals surface area contributed by atoms with Gasteiger partial charge in [0.1, 0.15) is 5.69 Å². The standard InChI is InChI=1S/C14H16N4O3/c19-11-7-2-1-6-10(11)18-13(9-5-3-4-8-15-9)12(14(20)21)16-17-18/h3-5,8,10-11,19H,1-2,6-7H2,(H,20,21). The molecule has 1 aliphatic carbocycles. The fourth-order valence-electron chi connectivity index (χ4n) is 2.79. The molecule has 1 saturated carbocycles. The molecule has 2 heterocycles. The van der Waals surface area contributed by atoms with E-state index in [1.807, 2.05) is 0 Å². The lowest BCUT2D eigenvalue weighted by molar-refractivity contribution is 0.0679. The number of aromatic carboxylic acids is 1. The van der Waals surface area contributed by atoms with Gasteiger partial charge in [0.15, 0.2) is 5.69 Å². The van der Waals surface area contributed by atoms with Gasteiger partial charge < -0.3 is 10.2 Å². The van der Waals surface area contributed by atoms with Gasteiger partial charge in [0.25, 0.3) is 0 Å². The summed E-state index contributed by atoms with van der Waals surface area (Å²) in [6.07, 6.45) is 4.45. The van der Waals surface area contributed by atoms with Crippen LogP contribution in [-0.2, 0) is 0 Å². The molecule has 2 unspecified atom stereocenters. The molecule has 2 aromatic heterocycles. The van der Waals surface area contributed by atoms with Gasteiger partial charge in [-0.2, -0.15) is 0 Å². The van der Waals surface area contributed by atoms with Crippen LogP contribution in [0.3, 0.4) is 0 Å². The Morgan fingerprint density at radius 3 is 2.76 bits per heavy atom. The summed E-state index contributed by atoms with van der Waals surface area (Å²) in [7, 11) is 0. The van der Waals surface area contributed by atoms with Gasteiger partial charge >= 0.3 is 5.97 Å². The molecule has 2 atom stereocenters. The van der Waals surface area contributed by atoms with Crippen LogP contribution < -0.4 is 0 Å². The molecule has 110 valence electrons. The SMILES string of the molecule is O=C(O)c1nnn(C2CCCCC2O)c1-c1ccccn1. The van der Waals surface area contributed by atoms with E-state index in [0.29, 0.717) is 17.8 Å². The average molecular weight is 288 g/mol. The molecule has 0 aliphatic heterocycles. The van der Waals surface area contributed by atoms with E-state index >= 15 is 0 Å². The molecule has 1 fully saturated rings. The Balaban J connectivity index is 2.11. The summed E-state index contributed by atoms with van der Waals surface area (Å²) in [6.45, 7) is 0. The number of rotatable bonds is 3. The highest BCUT2D eigenvalue weighted by atomic mass is 16.4. The second-order valence-corrected chi connectivity index (χ2v) is 5.17. The van der Waals surface area contributed by atoms with E-state index < -0.39 is 12.1 Å². The zero-order chi connectivity index (χ0) is 14.8. The van der Waals surface area contributed by atoms with Gasteiger partial charge in [-0.1, -0.05) is 24.1 Å². The number of carboxylic acids is 1. The third kappa shape index (κ3) is 2.52. The van der Waals surface area contributed by atoms with Crippen molar-refractivity contribution in [1.82, 2.24) is 20.0 Å². The Labute approximate surface area is 121 Å². The quantitative estimate of drug-likeness (QED) is 0.887. The third-order valence-electron chi connectivity index (χ3n) is 3.81. The van der Waals surface area contributed by atoms with Crippen LogP contribution in [-0.4, -0.2) is 42.3 Å². The Morgan fingerprint density at radius 2 is 2.10 bits per heavy atom. The second kappa shape index (κ2) is 5.61. The molecule has 21 heavy (non-hydrogen) atoms. The van der Waals surface area contributed by atoms with Gasteiger partial charge in [0, 0.05) is 6.20 Å². The fourth-order valence-corrected chi connectivity index (χ4v) is 2.79. The van der Waals surface area contributed by atoms with Crippen LogP contribution in [0.4, 0.5) is 0 Å². The van der Waals surface area contributed by atoms with Gasteiger partial charge in [-0.3, -0.25) is 4.98 Å². The summed E-state index contributed by atoms with van der Waals surface area (Å²) in [5, 5.41) is 27.2. The molecule has 7 heteroatoms. The van der Waals surface area contributed by atoms with Crippen molar-refractivity contribution in [2.24, 2.45) is 0 Å². The van der Waals surface area contributed by atoms with E-state index in [1.54, 1.807) is 24.4 Å². The van der Waals surface area contributed by atoms with E-state index in [2.05, 4.69) is 15.3 Å². The van der Waals surface area contributed by atoms with Gasteiger partial charge in [0.05, 0.1) is 17.8 Å². The first-order valence-corrected chi connectivity index (χ1v) is 6.96. The molecular weight excluding hydrogens is 272 g/mol. The summed E-state index contributed by atoms with van der Waals surface area (Å²) in [4.78, 5) is 15.6. The number of nitrogens with zero attached hydrogens (tertiary/aromatic N) is 4. The molecular formula is C14H16N4O3. The van der Waals surface area contributed by atoms with Crippen LogP contribution in [0.15, 0.2) is 24.4 Å². The minimum atomic E-state index is -1.15. The largest absolute Gasteiger partial charge is 0.476 e. The molecule has 3 rings (SSSR count). The minimum absolute atomic E-state index is 0.133. The number of pyridine rings is 1. The molecule has 7 nitrogen and oxygen atoms in total. The van der Waals surface area contributed by atoms with Gasteiger partial charge in [-0.25, -0.2) is 9.48 Å². The summed E-state index contributed by atoms with van der Waals surface area (Å²) in [5.41, 5.74) is 0.721. The van der Waals surface area contributed by atoms with Crippen molar-refractivity contribution in [3.05, 3.63) is 30.1 Å². The lowest BCUT2D eigenvalue weighted by Crippen LogP contribution is -2.29. The smallest absolute Gasteiger partial charge is 0.358 e. The molecule has 1 aliphatic rings. The van der Waals surface area contributed by atoms with Crippen LogP contribution in [0, 0.1) is 0 Å². The van der Waals surface area contributed by atoms with Crippen LogP contribution >= 0.6 is 0 Å². The number of carboxylic acid groups (broad SMARTS) is 1. The highest BCUT2D eigenvalue weighted by Gasteiger charge is 2.31.